The van der Waals surface area contributed by atoms with Crippen molar-refractivity contribution < 1.29 is 13.6 Å². The molecule has 0 spiro atoms. The van der Waals surface area contributed by atoms with Crippen LogP contribution in [0.5, 0.6) is 0 Å². The second-order valence-electron chi connectivity index (χ2n) is 7.09. The minimum Gasteiger partial charge on any atom is -0.328 e. The van der Waals surface area contributed by atoms with E-state index in [1.165, 1.54) is 23.1 Å². The zero-order valence-corrected chi connectivity index (χ0v) is 14.8. The van der Waals surface area contributed by atoms with Crippen molar-refractivity contribution in [1.29, 1.82) is 0 Å². The van der Waals surface area contributed by atoms with Crippen LogP contribution in [-0.4, -0.2) is 20.5 Å². The molecule has 5 nitrogen and oxygen atoms in total. The van der Waals surface area contributed by atoms with E-state index in [2.05, 4.69) is 15.4 Å². The Balaban J connectivity index is 1.63. The first-order chi connectivity index (χ1) is 13.6. The van der Waals surface area contributed by atoms with E-state index < -0.39 is 17.7 Å². The van der Waals surface area contributed by atoms with Crippen LogP contribution in [0, 0.1) is 11.6 Å². The lowest BCUT2D eigenvalue weighted by atomic mass is 9.78. The van der Waals surface area contributed by atoms with Gasteiger partial charge in [-0.25, -0.2) is 13.5 Å². The summed E-state index contributed by atoms with van der Waals surface area (Å²) in [4.78, 5) is 17.3. The predicted octanol–water partition coefficient (Wildman–Crippen LogP) is 3.97. The molecule has 1 aliphatic heterocycles. The minimum absolute atomic E-state index is 0.0410. The number of aromatic nitrogens is 3. The van der Waals surface area contributed by atoms with Crippen LogP contribution in [0.15, 0.2) is 66.1 Å². The Kier molecular flexibility index (Phi) is 3.82. The van der Waals surface area contributed by atoms with Gasteiger partial charge >= 0.3 is 0 Å². The molecular weight excluding hydrogens is 362 g/mol. The van der Waals surface area contributed by atoms with Crippen molar-refractivity contribution >= 4 is 11.7 Å². The third-order valence-corrected chi connectivity index (χ3v) is 5.33. The van der Waals surface area contributed by atoms with E-state index in [1.807, 2.05) is 30.3 Å². The maximum absolute atomic E-state index is 13.9. The number of hydrogen-bond donors (Lipinski definition) is 1. The monoisotopic (exact) mass is 378 g/mol. The lowest BCUT2D eigenvalue weighted by Gasteiger charge is -2.35. The number of benzene rings is 2. The van der Waals surface area contributed by atoms with Crippen LogP contribution < -0.4 is 5.32 Å². The number of allylic oxidation sites excluding steroid dienone is 2. The summed E-state index contributed by atoms with van der Waals surface area (Å²) in [5.41, 5.74) is 2.66. The van der Waals surface area contributed by atoms with Gasteiger partial charge in [0, 0.05) is 23.8 Å². The van der Waals surface area contributed by atoms with E-state index in [4.69, 9.17) is 0 Å². The van der Waals surface area contributed by atoms with Crippen molar-refractivity contribution in [3.05, 3.63) is 88.9 Å². The van der Waals surface area contributed by atoms with Gasteiger partial charge in [0.05, 0.1) is 0 Å². The van der Waals surface area contributed by atoms with E-state index in [-0.39, 0.29) is 11.7 Å². The van der Waals surface area contributed by atoms with Crippen LogP contribution in [0.25, 0.3) is 0 Å². The molecule has 1 aliphatic carbocycles. The molecule has 2 atom stereocenters. The lowest BCUT2D eigenvalue weighted by Crippen LogP contribution is -2.33. The van der Waals surface area contributed by atoms with E-state index in [9.17, 15) is 13.6 Å². The third kappa shape index (κ3) is 2.70. The number of anilines is 1. The molecular formula is C21H16F2N4O. The average molecular weight is 378 g/mol. The van der Waals surface area contributed by atoms with Gasteiger partial charge in [-0.3, -0.25) is 4.79 Å². The second kappa shape index (κ2) is 6.37. The summed E-state index contributed by atoms with van der Waals surface area (Å²) in [6, 6.07) is 12.5. The Hall–Kier alpha value is -3.35. The van der Waals surface area contributed by atoms with Crippen LogP contribution >= 0.6 is 0 Å². The van der Waals surface area contributed by atoms with Crippen LogP contribution in [-0.2, 0) is 4.79 Å². The van der Waals surface area contributed by atoms with Gasteiger partial charge in [-0.2, -0.15) is 10.1 Å². The topological polar surface area (TPSA) is 59.8 Å². The summed E-state index contributed by atoms with van der Waals surface area (Å²) in [5, 5.41) is 7.39. The molecule has 0 radical (unpaired) electrons. The summed E-state index contributed by atoms with van der Waals surface area (Å²) >= 11 is 0. The standard InChI is InChI=1S/C21H16F2N4O/c22-15-6-14(7-16(23)10-15)20-19-17(26-21-24-11-25-27(20)21)8-13(9-18(19)28)12-4-2-1-3-5-12/h1-7,10-11,13,20H,8-9H2,(H,24,25,26)/t13-,20-/m0/s1. The molecule has 0 unspecified atom stereocenters. The quantitative estimate of drug-likeness (QED) is 0.733. The number of Topliss-reactive ketones (excluding diaryl/α,β-unsaturated/α-hetero) is 1. The molecule has 7 heteroatoms. The Morgan fingerprint density at radius 2 is 1.75 bits per heavy atom. The lowest BCUT2D eigenvalue weighted by molar-refractivity contribution is -0.116. The fourth-order valence-electron chi connectivity index (χ4n) is 4.15. The molecule has 2 aliphatic rings. The molecule has 0 saturated carbocycles. The summed E-state index contributed by atoms with van der Waals surface area (Å²) in [6.07, 6.45) is 2.32. The fourth-order valence-corrected chi connectivity index (χ4v) is 4.15. The van der Waals surface area contributed by atoms with Crippen molar-refractivity contribution in [2.45, 2.75) is 24.8 Å². The molecule has 5 rings (SSSR count). The first-order valence-corrected chi connectivity index (χ1v) is 9.04. The molecule has 0 bridgehead atoms. The van der Waals surface area contributed by atoms with Gasteiger partial charge in [-0.05, 0) is 35.6 Å². The third-order valence-electron chi connectivity index (χ3n) is 5.33. The Bertz CT molecular complexity index is 1090. The van der Waals surface area contributed by atoms with Gasteiger partial charge < -0.3 is 5.32 Å². The van der Waals surface area contributed by atoms with Crippen LogP contribution in [0.2, 0.25) is 0 Å². The summed E-state index contributed by atoms with van der Waals surface area (Å²) in [7, 11) is 0. The maximum atomic E-state index is 13.9. The van der Waals surface area contributed by atoms with Crippen molar-refractivity contribution in [3.63, 3.8) is 0 Å². The number of hydrogen-bond acceptors (Lipinski definition) is 4. The molecule has 28 heavy (non-hydrogen) atoms. The van der Waals surface area contributed by atoms with Gasteiger partial charge in [0.15, 0.2) is 5.78 Å². The first kappa shape index (κ1) is 16.8. The number of nitrogens with zero attached hydrogens (tertiary/aromatic N) is 3. The molecule has 0 fully saturated rings. The molecule has 140 valence electrons. The van der Waals surface area contributed by atoms with Crippen molar-refractivity contribution in [2.75, 3.05) is 5.32 Å². The van der Waals surface area contributed by atoms with E-state index in [0.717, 1.165) is 17.3 Å². The highest BCUT2D eigenvalue weighted by atomic mass is 19.1. The number of rotatable bonds is 2. The smallest absolute Gasteiger partial charge is 0.226 e. The molecule has 0 amide bonds. The van der Waals surface area contributed by atoms with Crippen molar-refractivity contribution in [1.82, 2.24) is 14.8 Å². The highest BCUT2D eigenvalue weighted by molar-refractivity contribution is 6.00. The predicted molar refractivity (Wildman–Crippen MR) is 98.6 cm³/mol. The molecule has 1 aromatic heterocycles. The average Bonchev–Trinajstić information content (AvgIpc) is 3.14. The number of nitrogens with one attached hydrogen (secondary N) is 1. The zero-order valence-electron chi connectivity index (χ0n) is 14.8. The van der Waals surface area contributed by atoms with E-state index in [0.29, 0.717) is 29.9 Å². The largest absolute Gasteiger partial charge is 0.328 e. The molecule has 1 N–H and O–H groups in total. The fraction of sp³-hybridized carbons (Fsp3) is 0.190. The summed E-state index contributed by atoms with van der Waals surface area (Å²) in [5.74, 6) is -0.946. The molecule has 0 saturated heterocycles. The maximum Gasteiger partial charge on any atom is 0.226 e. The number of halogens is 2. The van der Waals surface area contributed by atoms with Gasteiger partial charge in [-0.15, -0.1) is 0 Å². The molecule has 2 heterocycles. The van der Waals surface area contributed by atoms with Crippen LogP contribution in [0.1, 0.15) is 35.9 Å². The van der Waals surface area contributed by atoms with Crippen molar-refractivity contribution in [3.8, 4) is 0 Å². The summed E-state index contributed by atoms with van der Waals surface area (Å²) < 4.78 is 29.3. The molecule has 2 aromatic carbocycles. The SMILES string of the molecule is O=C1C[C@@H](c2ccccc2)CC2=C1[C@H](c1cc(F)cc(F)c1)n1ncnc1N2. The van der Waals surface area contributed by atoms with Crippen LogP contribution in [0.3, 0.4) is 0 Å². The number of fused-ring (bicyclic) bond motifs is 1. The van der Waals surface area contributed by atoms with E-state index in [1.54, 1.807) is 0 Å². The van der Waals surface area contributed by atoms with Gasteiger partial charge in [0.2, 0.25) is 5.95 Å². The normalized spacial score (nSPS) is 21.1. The second-order valence-corrected chi connectivity index (χ2v) is 7.09. The number of carbonyl (C=O) groups excluding carboxylic acids is 1. The first-order valence-electron chi connectivity index (χ1n) is 9.04. The Labute approximate surface area is 159 Å². The van der Waals surface area contributed by atoms with Gasteiger partial charge in [0.1, 0.15) is 24.0 Å². The summed E-state index contributed by atoms with van der Waals surface area (Å²) in [6.45, 7) is 0. The number of carbonyl (C=O) groups is 1. The number of ketones is 1. The van der Waals surface area contributed by atoms with Crippen LogP contribution in [0.4, 0.5) is 14.7 Å². The Morgan fingerprint density at radius 3 is 2.50 bits per heavy atom. The zero-order chi connectivity index (χ0) is 19.3. The Morgan fingerprint density at radius 1 is 1.00 bits per heavy atom. The molecule has 3 aromatic rings. The van der Waals surface area contributed by atoms with E-state index >= 15 is 0 Å². The van der Waals surface area contributed by atoms with Gasteiger partial charge in [0.25, 0.3) is 0 Å². The van der Waals surface area contributed by atoms with Crippen molar-refractivity contribution in [2.24, 2.45) is 0 Å². The minimum atomic E-state index is -0.705. The van der Waals surface area contributed by atoms with Gasteiger partial charge in [-0.1, -0.05) is 30.3 Å². The highest BCUT2D eigenvalue weighted by Gasteiger charge is 2.39. The highest BCUT2D eigenvalue weighted by Crippen LogP contribution is 2.43.